The molecule has 120 valence electrons. The van der Waals surface area contributed by atoms with Crippen LogP contribution < -0.4 is 0 Å². The van der Waals surface area contributed by atoms with E-state index in [9.17, 15) is 4.79 Å². The van der Waals surface area contributed by atoms with Crippen LogP contribution in [0.25, 0.3) is 0 Å². The maximum atomic E-state index is 12.8. The number of aryl methyl sites for hydroxylation is 2. The molecule has 0 amide bonds. The number of unbranched alkanes of at least 4 members (excludes halogenated alkanes) is 4. The van der Waals surface area contributed by atoms with Gasteiger partial charge in [0.15, 0.2) is 0 Å². The van der Waals surface area contributed by atoms with Crippen LogP contribution in [0, 0.1) is 0 Å². The number of hydrogen-bond donors (Lipinski definition) is 2. The van der Waals surface area contributed by atoms with Crippen LogP contribution >= 0.6 is 0 Å². The highest BCUT2D eigenvalue weighted by molar-refractivity contribution is 6.08. The quantitative estimate of drug-likeness (QED) is 0.468. The third kappa shape index (κ3) is 4.12. The first-order chi connectivity index (χ1) is 10.8. The fourth-order valence-electron chi connectivity index (χ4n) is 2.90. The van der Waals surface area contributed by atoms with Gasteiger partial charge in [-0.2, -0.15) is 0 Å². The molecule has 0 aliphatic carbocycles. The van der Waals surface area contributed by atoms with Gasteiger partial charge < -0.3 is 9.97 Å². The largest absolute Gasteiger partial charge is 0.358 e. The lowest BCUT2D eigenvalue weighted by Crippen LogP contribution is -2.08. The Morgan fingerprint density at radius 3 is 1.68 bits per heavy atom. The zero-order valence-electron chi connectivity index (χ0n) is 13.9. The number of hydrogen-bond acceptors (Lipinski definition) is 1. The molecule has 3 nitrogen and oxygen atoms in total. The van der Waals surface area contributed by atoms with Crippen LogP contribution in [0.1, 0.15) is 79.7 Å². The predicted octanol–water partition coefficient (Wildman–Crippen LogP) is 5.04. The summed E-state index contributed by atoms with van der Waals surface area (Å²) in [6.45, 7) is 4.40. The van der Waals surface area contributed by atoms with Crippen LogP contribution in [0.4, 0.5) is 0 Å². The van der Waals surface area contributed by atoms with E-state index in [1.54, 1.807) is 0 Å². The summed E-state index contributed by atoms with van der Waals surface area (Å²) in [7, 11) is 0. The molecule has 0 spiro atoms. The van der Waals surface area contributed by atoms with Gasteiger partial charge in [0, 0.05) is 12.4 Å². The highest BCUT2D eigenvalue weighted by atomic mass is 16.1. The maximum Gasteiger partial charge on any atom is 0.225 e. The van der Waals surface area contributed by atoms with Gasteiger partial charge in [0.1, 0.15) is 0 Å². The number of ketones is 1. The van der Waals surface area contributed by atoms with Crippen molar-refractivity contribution in [3.63, 3.8) is 0 Å². The van der Waals surface area contributed by atoms with Crippen molar-refractivity contribution in [3.8, 4) is 0 Å². The molecule has 0 radical (unpaired) electrons. The van der Waals surface area contributed by atoms with Crippen LogP contribution in [-0.2, 0) is 12.8 Å². The normalized spacial score (nSPS) is 11.0. The van der Waals surface area contributed by atoms with E-state index in [0.29, 0.717) is 0 Å². The van der Waals surface area contributed by atoms with Gasteiger partial charge in [-0.15, -0.1) is 0 Å². The van der Waals surface area contributed by atoms with Crippen molar-refractivity contribution in [1.29, 1.82) is 0 Å². The summed E-state index contributed by atoms with van der Waals surface area (Å²) in [5, 5.41) is 0. The predicted molar refractivity (Wildman–Crippen MR) is 91.5 cm³/mol. The van der Waals surface area contributed by atoms with Gasteiger partial charge in [0.05, 0.1) is 11.4 Å². The summed E-state index contributed by atoms with van der Waals surface area (Å²) >= 11 is 0. The van der Waals surface area contributed by atoms with Gasteiger partial charge in [-0.25, -0.2) is 0 Å². The smallest absolute Gasteiger partial charge is 0.225 e. The molecule has 0 fully saturated rings. The standard InChI is InChI=1S/C19H28N2O/c1-3-5-7-9-15-11-13-20-17(15)19(22)18-16(12-14-21-18)10-8-6-4-2/h11-14,20-21H,3-10H2,1-2H3. The van der Waals surface area contributed by atoms with Crippen molar-refractivity contribution in [2.75, 3.05) is 0 Å². The van der Waals surface area contributed by atoms with E-state index in [1.165, 1.54) is 25.7 Å². The van der Waals surface area contributed by atoms with Gasteiger partial charge in [0.25, 0.3) is 0 Å². The van der Waals surface area contributed by atoms with Crippen LogP contribution in [-0.4, -0.2) is 15.8 Å². The molecule has 0 atom stereocenters. The first-order valence-electron chi connectivity index (χ1n) is 8.65. The number of aromatic amines is 2. The topological polar surface area (TPSA) is 48.6 Å². The Balaban J connectivity index is 2.08. The Bertz CT molecular complexity index is 530. The molecule has 0 bridgehead atoms. The molecular formula is C19H28N2O. The van der Waals surface area contributed by atoms with Gasteiger partial charge in [-0.05, 0) is 48.9 Å². The SMILES string of the molecule is CCCCCc1cc[nH]c1C(=O)c1[nH]ccc1CCCCC. The number of aromatic nitrogens is 2. The van der Waals surface area contributed by atoms with Crippen molar-refractivity contribution in [3.05, 3.63) is 47.0 Å². The van der Waals surface area contributed by atoms with Gasteiger partial charge in [-0.1, -0.05) is 39.5 Å². The van der Waals surface area contributed by atoms with Gasteiger partial charge >= 0.3 is 0 Å². The number of nitrogens with one attached hydrogen (secondary N) is 2. The minimum absolute atomic E-state index is 0.105. The average Bonchev–Trinajstić information content (AvgIpc) is 3.16. The first-order valence-corrected chi connectivity index (χ1v) is 8.65. The Hall–Kier alpha value is -1.77. The van der Waals surface area contributed by atoms with Crippen LogP contribution in [0.2, 0.25) is 0 Å². The van der Waals surface area contributed by atoms with E-state index in [1.807, 2.05) is 24.5 Å². The molecule has 2 N–H and O–H groups in total. The molecule has 3 heteroatoms. The zero-order chi connectivity index (χ0) is 15.8. The van der Waals surface area contributed by atoms with E-state index in [4.69, 9.17) is 0 Å². The highest BCUT2D eigenvalue weighted by Gasteiger charge is 2.18. The van der Waals surface area contributed by atoms with E-state index < -0.39 is 0 Å². The summed E-state index contributed by atoms with van der Waals surface area (Å²) in [4.78, 5) is 19.1. The van der Waals surface area contributed by atoms with Crippen molar-refractivity contribution in [2.24, 2.45) is 0 Å². The van der Waals surface area contributed by atoms with E-state index in [0.717, 1.165) is 48.2 Å². The number of rotatable bonds is 10. The van der Waals surface area contributed by atoms with Crippen molar-refractivity contribution in [2.45, 2.75) is 65.2 Å². The average molecular weight is 300 g/mol. The third-order valence-electron chi connectivity index (χ3n) is 4.22. The van der Waals surface area contributed by atoms with E-state index >= 15 is 0 Å². The summed E-state index contributed by atoms with van der Waals surface area (Å²) in [5.41, 5.74) is 3.81. The Labute approximate surface area is 133 Å². The maximum absolute atomic E-state index is 12.8. The van der Waals surface area contributed by atoms with Gasteiger partial charge in [0.2, 0.25) is 5.78 Å². The summed E-state index contributed by atoms with van der Waals surface area (Å²) < 4.78 is 0. The Kier molecular flexibility index (Phi) is 6.50. The molecular weight excluding hydrogens is 272 g/mol. The summed E-state index contributed by atoms with van der Waals surface area (Å²) in [6.07, 6.45) is 12.8. The van der Waals surface area contributed by atoms with E-state index in [-0.39, 0.29) is 5.78 Å². The lowest BCUT2D eigenvalue weighted by Gasteiger charge is -2.05. The van der Waals surface area contributed by atoms with Crippen molar-refractivity contribution in [1.82, 2.24) is 9.97 Å². The fourth-order valence-corrected chi connectivity index (χ4v) is 2.90. The third-order valence-corrected chi connectivity index (χ3v) is 4.22. The van der Waals surface area contributed by atoms with Gasteiger partial charge in [-0.3, -0.25) is 4.79 Å². The Morgan fingerprint density at radius 2 is 1.27 bits per heavy atom. The fraction of sp³-hybridized carbons (Fsp3) is 0.526. The van der Waals surface area contributed by atoms with E-state index in [2.05, 4.69) is 23.8 Å². The molecule has 2 aromatic heterocycles. The lowest BCUT2D eigenvalue weighted by atomic mass is 10.0. The van der Waals surface area contributed by atoms with Crippen molar-refractivity contribution >= 4 is 5.78 Å². The van der Waals surface area contributed by atoms with Crippen molar-refractivity contribution < 1.29 is 4.79 Å². The molecule has 0 unspecified atom stereocenters. The Morgan fingerprint density at radius 1 is 0.818 bits per heavy atom. The van der Waals surface area contributed by atoms with Crippen LogP contribution in [0.15, 0.2) is 24.5 Å². The first kappa shape index (κ1) is 16.6. The summed E-state index contributed by atoms with van der Waals surface area (Å²) in [5.74, 6) is 0.105. The van der Waals surface area contributed by atoms with Crippen LogP contribution in [0.3, 0.4) is 0 Å². The monoisotopic (exact) mass is 300 g/mol. The molecule has 0 aliphatic heterocycles. The summed E-state index contributed by atoms with van der Waals surface area (Å²) in [6, 6.07) is 4.09. The number of H-pyrrole nitrogens is 2. The molecule has 2 rings (SSSR count). The second kappa shape index (κ2) is 8.62. The second-order valence-electron chi connectivity index (χ2n) is 6.00. The zero-order valence-corrected chi connectivity index (χ0v) is 13.9. The molecule has 0 aliphatic rings. The molecule has 22 heavy (non-hydrogen) atoms. The van der Waals surface area contributed by atoms with Crippen LogP contribution in [0.5, 0.6) is 0 Å². The molecule has 0 saturated carbocycles. The molecule has 0 saturated heterocycles. The molecule has 2 aromatic rings. The minimum atomic E-state index is 0.105. The molecule has 2 heterocycles. The number of carbonyl (C=O) groups excluding carboxylic acids is 1. The minimum Gasteiger partial charge on any atom is -0.358 e. The second-order valence-corrected chi connectivity index (χ2v) is 6.00. The lowest BCUT2D eigenvalue weighted by molar-refractivity contribution is 0.102. The highest BCUT2D eigenvalue weighted by Crippen LogP contribution is 2.19. The molecule has 0 aromatic carbocycles. The number of carbonyl (C=O) groups is 1.